The normalized spacial score (nSPS) is 12.8. The maximum atomic E-state index is 5.81. The first-order valence-electron chi connectivity index (χ1n) is 4.95. The van der Waals surface area contributed by atoms with Gasteiger partial charge in [-0.3, -0.25) is 0 Å². The second-order valence-electron chi connectivity index (χ2n) is 3.50. The third kappa shape index (κ3) is 1.35. The minimum atomic E-state index is 0.279. The first-order valence-corrected chi connectivity index (χ1v) is 4.95. The molecular formula is C12H10N2O2. The Morgan fingerprint density at radius 3 is 2.88 bits per heavy atom. The molecule has 0 saturated heterocycles. The molecule has 4 heteroatoms. The maximum absolute atomic E-state index is 5.81. The van der Waals surface area contributed by atoms with Crippen LogP contribution in [0.25, 0.3) is 11.1 Å². The van der Waals surface area contributed by atoms with Gasteiger partial charge in [-0.2, -0.15) is 0 Å². The standard InChI is InChI=1S/C12H10N2O2/c13-12-9(2-1-5-14-12)8-3-4-10-11(6-8)16-7-15-10/h1-6H,7H2,(H2,13,14). The molecule has 1 aromatic carbocycles. The van der Waals surface area contributed by atoms with Crippen LogP contribution in [-0.2, 0) is 0 Å². The van der Waals surface area contributed by atoms with Crippen LogP contribution in [0.3, 0.4) is 0 Å². The number of nitrogens with two attached hydrogens (primary N) is 1. The molecule has 0 aliphatic carbocycles. The Morgan fingerprint density at radius 2 is 2.00 bits per heavy atom. The van der Waals surface area contributed by atoms with Gasteiger partial charge >= 0.3 is 0 Å². The Bertz CT molecular complexity index is 540. The molecule has 0 amide bonds. The zero-order chi connectivity index (χ0) is 11.0. The Balaban J connectivity index is 2.11. The van der Waals surface area contributed by atoms with E-state index in [0.29, 0.717) is 5.82 Å². The first kappa shape index (κ1) is 9.03. The van der Waals surface area contributed by atoms with E-state index in [1.807, 2.05) is 30.3 Å². The Kier molecular flexibility index (Phi) is 1.93. The molecule has 2 heterocycles. The smallest absolute Gasteiger partial charge is 0.231 e. The van der Waals surface area contributed by atoms with E-state index in [-0.39, 0.29) is 6.79 Å². The zero-order valence-electron chi connectivity index (χ0n) is 8.51. The van der Waals surface area contributed by atoms with E-state index in [2.05, 4.69) is 4.98 Å². The lowest BCUT2D eigenvalue weighted by molar-refractivity contribution is 0.174. The largest absolute Gasteiger partial charge is 0.454 e. The predicted molar refractivity (Wildman–Crippen MR) is 60.2 cm³/mol. The molecule has 2 aromatic rings. The third-order valence-corrected chi connectivity index (χ3v) is 2.52. The first-order chi connectivity index (χ1) is 7.84. The van der Waals surface area contributed by atoms with E-state index in [1.54, 1.807) is 6.20 Å². The SMILES string of the molecule is Nc1ncccc1-c1ccc2c(c1)OCO2. The summed E-state index contributed by atoms with van der Waals surface area (Å²) in [7, 11) is 0. The lowest BCUT2D eigenvalue weighted by Gasteiger charge is -2.05. The molecule has 0 bridgehead atoms. The number of nitrogens with zero attached hydrogens (tertiary/aromatic N) is 1. The molecule has 0 saturated carbocycles. The van der Waals surface area contributed by atoms with Crippen LogP contribution in [0.15, 0.2) is 36.5 Å². The average Bonchev–Trinajstić information content (AvgIpc) is 2.76. The number of pyridine rings is 1. The van der Waals surface area contributed by atoms with Gasteiger partial charge in [-0.05, 0) is 29.8 Å². The zero-order valence-corrected chi connectivity index (χ0v) is 8.51. The monoisotopic (exact) mass is 214 g/mol. The summed E-state index contributed by atoms with van der Waals surface area (Å²) in [6, 6.07) is 9.52. The molecular weight excluding hydrogens is 204 g/mol. The van der Waals surface area contributed by atoms with E-state index in [1.165, 1.54) is 0 Å². The number of nitrogen functional groups attached to an aromatic ring is 1. The van der Waals surface area contributed by atoms with Crippen molar-refractivity contribution in [2.45, 2.75) is 0 Å². The highest BCUT2D eigenvalue weighted by molar-refractivity contribution is 5.75. The minimum Gasteiger partial charge on any atom is -0.454 e. The summed E-state index contributed by atoms with van der Waals surface area (Å²) >= 11 is 0. The van der Waals surface area contributed by atoms with Crippen LogP contribution >= 0.6 is 0 Å². The molecule has 16 heavy (non-hydrogen) atoms. The van der Waals surface area contributed by atoms with Crippen LogP contribution < -0.4 is 15.2 Å². The van der Waals surface area contributed by atoms with Gasteiger partial charge in [-0.15, -0.1) is 0 Å². The molecule has 0 spiro atoms. The minimum absolute atomic E-state index is 0.279. The lowest BCUT2D eigenvalue weighted by Crippen LogP contribution is -1.93. The molecule has 0 fully saturated rings. The number of rotatable bonds is 1. The van der Waals surface area contributed by atoms with Crippen molar-refractivity contribution in [2.24, 2.45) is 0 Å². The highest BCUT2D eigenvalue weighted by atomic mass is 16.7. The van der Waals surface area contributed by atoms with Crippen molar-refractivity contribution in [3.63, 3.8) is 0 Å². The number of aromatic nitrogens is 1. The highest BCUT2D eigenvalue weighted by Crippen LogP contribution is 2.36. The molecule has 0 atom stereocenters. The summed E-state index contributed by atoms with van der Waals surface area (Å²) in [6.07, 6.45) is 1.67. The molecule has 3 rings (SSSR count). The number of anilines is 1. The van der Waals surface area contributed by atoms with Gasteiger partial charge < -0.3 is 15.2 Å². The van der Waals surface area contributed by atoms with E-state index >= 15 is 0 Å². The van der Waals surface area contributed by atoms with Crippen LogP contribution in [0.2, 0.25) is 0 Å². The molecule has 1 aliphatic heterocycles. The molecule has 2 N–H and O–H groups in total. The topological polar surface area (TPSA) is 57.4 Å². The summed E-state index contributed by atoms with van der Waals surface area (Å²) in [6.45, 7) is 0.279. The van der Waals surface area contributed by atoms with Crippen molar-refractivity contribution in [2.75, 3.05) is 12.5 Å². The number of hydrogen-bond donors (Lipinski definition) is 1. The van der Waals surface area contributed by atoms with Crippen LogP contribution in [0, 0.1) is 0 Å². The third-order valence-electron chi connectivity index (χ3n) is 2.52. The molecule has 1 aromatic heterocycles. The second kappa shape index (κ2) is 3.41. The average molecular weight is 214 g/mol. The Morgan fingerprint density at radius 1 is 1.12 bits per heavy atom. The van der Waals surface area contributed by atoms with Crippen molar-refractivity contribution in [1.82, 2.24) is 4.98 Å². The Labute approximate surface area is 92.6 Å². The highest BCUT2D eigenvalue weighted by Gasteiger charge is 2.14. The second-order valence-corrected chi connectivity index (χ2v) is 3.50. The van der Waals surface area contributed by atoms with Gasteiger partial charge in [0.15, 0.2) is 11.5 Å². The van der Waals surface area contributed by atoms with Gasteiger partial charge in [-0.1, -0.05) is 6.07 Å². The quantitative estimate of drug-likeness (QED) is 0.789. The summed E-state index contributed by atoms with van der Waals surface area (Å²) in [5.41, 5.74) is 7.70. The van der Waals surface area contributed by atoms with Gasteiger partial charge in [0.1, 0.15) is 5.82 Å². The number of hydrogen-bond acceptors (Lipinski definition) is 4. The van der Waals surface area contributed by atoms with Crippen LogP contribution in [0.1, 0.15) is 0 Å². The van der Waals surface area contributed by atoms with Crippen molar-refractivity contribution in [3.05, 3.63) is 36.5 Å². The van der Waals surface area contributed by atoms with E-state index in [9.17, 15) is 0 Å². The van der Waals surface area contributed by atoms with Crippen molar-refractivity contribution >= 4 is 5.82 Å². The van der Waals surface area contributed by atoms with Gasteiger partial charge in [-0.25, -0.2) is 4.98 Å². The van der Waals surface area contributed by atoms with Crippen LogP contribution in [0.5, 0.6) is 11.5 Å². The van der Waals surface area contributed by atoms with Crippen molar-refractivity contribution in [3.8, 4) is 22.6 Å². The molecule has 80 valence electrons. The molecule has 1 aliphatic rings. The van der Waals surface area contributed by atoms with E-state index in [0.717, 1.165) is 22.6 Å². The van der Waals surface area contributed by atoms with Crippen molar-refractivity contribution < 1.29 is 9.47 Å². The number of benzene rings is 1. The van der Waals surface area contributed by atoms with E-state index in [4.69, 9.17) is 15.2 Å². The lowest BCUT2D eigenvalue weighted by atomic mass is 10.1. The fourth-order valence-corrected chi connectivity index (χ4v) is 1.73. The maximum Gasteiger partial charge on any atom is 0.231 e. The number of fused-ring (bicyclic) bond motifs is 1. The summed E-state index contributed by atoms with van der Waals surface area (Å²) in [5, 5.41) is 0. The summed E-state index contributed by atoms with van der Waals surface area (Å²) in [4.78, 5) is 4.05. The Hall–Kier alpha value is -2.23. The molecule has 0 unspecified atom stereocenters. The van der Waals surface area contributed by atoms with Gasteiger partial charge in [0.05, 0.1) is 0 Å². The molecule has 4 nitrogen and oxygen atoms in total. The van der Waals surface area contributed by atoms with E-state index < -0.39 is 0 Å². The molecule has 0 radical (unpaired) electrons. The fourth-order valence-electron chi connectivity index (χ4n) is 1.73. The summed E-state index contributed by atoms with van der Waals surface area (Å²) in [5.74, 6) is 2.04. The van der Waals surface area contributed by atoms with Gasteiger partial charge in [0, 0.05) is 11.8 Å². The van der Waals surface area contributed by atoms with Crippen LogP contribution in [0.4, 0.5) is 5.82 Å². The van der Waals surface area contributed by atoms with Gasteiger partial charge in [0.2, 0.25) is 6.79 Å². The van der Waals surface area contributed by atoms with Crippen LogP contribution in [-0.4, -0.2) is 11.8 Å². The van der Waals surface area contributed by atoms with Crippen molar-refractivity contribution in [1.29, 1.82) is 0 Å². The summed E-state index contributed by atoms with van der Waals surface area (Å²) < 4.78 is 10.6. The predicted octanol–water partition coefficient (Wildman–Crippen LogP) is 2.06. The number of ether oxygens (including phenoxy) is 2. The fraction of sp³-hybridized carbons (Fsp3) is 0.0833. The van der Waals surface area contributed by atoms with Gasteiger partial charge in [0.25, 0.3) is 0 Å².